The molecule has 0 aromatic carbocycles. The van der Waals surface area contributed by atoms with E-state index >= 15 is 0 Å². The maximum Gasteiger partial charge on any atom is 0.0724 e. The predicted molar refractivity (Wildman–Crippen MR) is 66.6 cm³/mol. The lowest BCUT2D eigenvalue weighted by Gasteiger charge is -2.41. The molecule has 0 aromatic rings. The summed E-state index contributed by atoms with van der Waals surface area (Å²) in [7, 11) is 1.86. The SMILES string of the molecule is CCC1CNCC1N1CCC(C)C(OC)C1. The van der Waals surface area contributed by atoms with Gasteiger partial charge in [-0.05, 0) is 31.3 Å². The molecule has 0 saturated carbocycles. The standard InChI is InChI=1S/C13H26N2O/c1-4-11-7-14-8-12(11)15-6-5-10(2)13(9-15)16-3/h10-14H,4-9H2,1-3H3. The fourth-order valence-corrected chi connectivity index (χ4v) is 3.23. The van der Waals surface area contributed by atoms with E-state index in [1.54, 1.807) is 0 Å². The van der Waals surface area contributed by atoms with E-state index in [1.165, 1.54) is 32.5 Å². The molecule has 2 fully saturated rings. The second-order valence-electron chi connectivity index (χ2n) is 5.43. The van der Waals surface area contributed by atoms with Gasteiger partial charge in [-0.2, -0.15) is 0 Å². The van der Waals surface area contributed by atoms with Gasteiger partial charge in [-0.15, -0.1) is 0 Å². The van der Waals surface area contributed by atoms with E-state index in [1.807, 2.05) is 7.11 Å². The van der Waals surface area contributed by atoms with Crippen LogP contribution < -0.4 is 5.32 Å². The van der Waals surface area contributed by atoms with Crippen molar-refractivity contribution in [2.24, 2.45) is 11.8 Å². The van der Waals surface area contributed by atoms with E-state index in [0.717, 1.165) is 24.4 Å². The second kappa shape index (κ2) is 5.48. The van der Waals surface area contributed by atoms with Gasteiger partial charge in [-0.25, -0.2) is 0 Å². The summed E-state index contributed by atoms with van der Waals surface area (Å²) in [6.07, 6.45) is 3.01. The van der Waals surface area contributed by atoms with Crippen LogP contribution in [-0.2, 0) is 4.74 Å². The minimum absolute atomic E-state index is 0.437. The van der Waals surface area contributed by atoms with Gasteiger partial charge < -0.3 is 10.1 Å². The number of hydrogen-bond donors (Lipinski definition) is 1. The highest BCUT2D eigenvalue weighted by atomic mass is 16.5. The van der Waals surface area contributed by atoms with Crippen LogP contribution in [0.2, 0.25) is 0 Å². The number of nitrogens with one attached hydrogen (secondary N) is 1. The molecule has 0 bridgehead atoms. The molecule has 0 amide bonds. The summed E-state index contributed by atoms with van der Waals surface area (Å²) in [6.45, 7) is 9.37. The van der Waals surface area contributed by atoms with Gasteiger partial charge in [0.2, 0.25) is 0 Å². The highest BCUT2D eigenvalue weighted by Crippen LogP contribution is 2.26. The molecule has 2 saturated heterocycles. The van der Waals surface area contributed by atoms with Crippen molar-refractivity contribution in [3.05, 3.63) is 0 Å². The number of ether oxygens (including phenoxy) is 1. The Bertz CT molecular complexity index is 222. The molecule has 2 heterocycles. The number of hydrogen-bond acceptors (Lipinski definition) is 3. The third-order valence-corrected chi connectivity index (χ3v) is 4.52. The Morgan fingerprint density at radius 2 is 2.19 bits per heavy atom. The van der Waals surface area contributed by atoms with Crippen molar-refractivity contribution < 1.29 is 4.74 Å². The first-order valence-corrected chi connectivity index (χ1v) is 6.73. The van der Waals surface area contributed by atoms with Crippen LogP contribution in [0.25, 0.3) is 0 Å². The molecule has 0 spiro atoms. The molecule has 94 valence electrons. The third-order valence-electron chi connectivity index (χ3n) is 4.52. The topological polar surface area (TPSA) is 24.5 Å². The molecule has 16 heavy (non-hydrogen) atoms. The fraction of sp³-hybridized carbons (Fsp3) is 1.00. The average Bonchev–Trinajstić information content (AvgIpc) is 2.78. The number of nitrogens with zero attached hydrogens (tertiary/aromatic N) is 1. The lowest BCUT2D eigenvalue weighted by molar-refractivity contribution is -0.0223. The van der Waals surface area contributed by atoms with Crippen molar-refractivity contribution in [3.8, 4) is 0 Å². The van der Waals surface area contributed by atoms with Crippen molar-refractivity contribution in [2.45, 2.75) is 38.8 Å². The van der Waals surface area contributed by atoms with E-state index in [-0.39, 0.29) is 0 Å². The molecule has 4 atom stereocenters. The highest BCUT2D eigenvalue weighted by Gasteiger charge is 2.35. The van der Waals surface area contributed by atoms with E-state index in [4.69, 9.17) is 4.74 Å². The smallest absolute Gasteiger partial charge is 0.0724 e. The van der Waals surface area contributed by atoms with Gasteiger partial charge in [-0.1, -0.05) is 20.3 Å². The van der Waals surface area contributed by atoms with Gasteiger partial charge in [0.15, 0.2) is 0 Å². The normalized spacial score (nSPS) is 41.4. The van der Waals surface area contributed by atoms with E-state index in [2.05, 4.69) is 24.1 Å². The summed E-state index contributed by atoms with van der Waals surface area (Å²) in [6, 6.07) is 0.746. The van der Waals surface area contributed by atoms with Crippen LogP contribution in [0.15, 0.2) is 0 Å². The van der Waals surface area contributed by atoms with Gasteiger partial charge in [0, 0.05) is 26.2 Å². The summed E-state index contributed by atoms with van der Waals surface area (Å²) in [5.74, 6) is 1.56. The summed E-state index contributed by atoms with van der Waals surface area (Å²) in [5, 5.41) is 3.53. The quantitative estimate of drug-likeness (QED) is 0.786. The molecule has 4 unspecified atom stereocenters. The van der Waals surface area contributed by atoms with Crippen LogP contribution in [-0.4, -0.2) is 50.3 Å². The monoisotopic (exact) mass is 226 g/mol. The molecule has 2 aliphatic rings. The van der Waals surface area contributed by atoms with Gasteiger partial charge >= 0.3 is 0 Å². The van der Waals surface area contributed by atoms with E-state index in [0.29, 0.717) is 6.10 Å². The molecule has 0 radical (unpaired) electrons. The lowest BCUT2D eigenvalue weighted by atomic mass is 9.91. The van der Waals surface area contributed by atoms with Crippen LogP contribution in [0, 0.1) is 11.8 Å². The Labute approximate surface area is 99.5 Å². The molecule has 2 aliphatic heterocycles. The maximum atomic E-state index is 5.60. The molecule has 3 heteroatoms. The second-order valence-corrected chi connectivity index (χ2v) is 5.43. The number of piperidine rings is 1. The van der Waals surface area contributed by atoms with Crippen LogP contribution in [0.5, 0.6) is 0 Å². The first-order chi connectivity index (χ1) is 7.76. The Kier molecular flexibility index (Phi) is 4.22. The van der Waals surface area contributed by atoms with E-state index < -0.39 is 0 Å². The van der Waals surface area contributed by atoms with Crippen LogP contribution in [0.3, 0.4) is 0 Å². The molecular formula is C13H26N2O. The van der Waals surface area contributed by atoms with Gasteiger partial charge in [0.1, 0.15) is 0 Å². The minimum atomic E-state index is 0.437. The van der Waals surface area contributed by atoms with Crippen molar-refractivity contribution in [3.63, 3.8) is 0 Å². The number of rotatable bonds is 3. The van der Waals surface area contributed by atoms with E-state index in [9.17, 15) is 0 Å². The zero-order valence-electron chi connectivity index (χ0n) is 10.9. The first-order valence-electron chi connectivity index (χ1n) is 6.73. The Hall–Kier alpha value is -0.120. The van der Waals surface area contributed by atoms with Crippen molar-refractivity contribution in [1.29, 1.82) is 0 Å². The highest BCUT2D eigenvalue weighted by molar-refractivity contribution is 4.91. The zero-order chi connectivity index (χ0) is 11.5. The van der Waals surface area contributed by atoms with Gasteiger partial charge in [0.05, 0.1) is 6.10 Å². The van der Waals surface area contributed by atoms with Crippen molar-refractivity contribution >= 4 is 0 Å². The Morgan fingerprint density at radius 1 is 1.38 bits per heavy atom. The molecule has 3 nitrogen and oxygen atoms in total. The molecule has 0 aliphatic carbocycles. The Balaban J connectivity index is 1.94. The van der Waals surface area contributed by atoms with Crippen LogP contribution in [0.4, 0.5) is 0 Å². The summed E-state index contributed by atoms with van der Waals surface area (Å²) in [5.41, 5.74) is 0. The number of likely N-dealkylation sites (tertiary alicyclic amines) is 1. The van der Waals surface area contributed by atoms with Crippen molar-refractivity contribution in [1.82, 2.24) is 10.2 Å². The van der Waals surface area contributed by atoms with Crippen LogP contribution in [0.1, 0.15) is 26.7 Å². The van der Waals surface area contributed by atoms with Crippen LogP contribution >= 0.6 is 0 Å². The predicted octanol–water partition coefficient (Wildman–Crippen LogP) is 1.34. The maximum absolute atomic E-state index is 5.60. The number of methoxy groups -OCH3 is 1. The average molecular weight is 226 g/mol. The summed E-state index contributed by atoms with van der Waals surface area (Å²) in [4.78, 5) is 2.66. The molecule has 2 rings (SSSR count). The van der Waals surface area contributed by atoms with Gasteiger partial charge in [-0.3, -0.25) is 4.90 Å². The summed E-state index contributed by atoms with van der Waals surface area (Å²) >= 11 is 0. The zero-order valence-corrected chi connectivity index (χ0v) is 10.9. The summed E-state index contributed by atoms with van der Waals surface area (Å²) < 4.78 is 5.60. The lowest BCUT2D eigenvalue weighted by Crippen LogP contribution is -2.51. The van der Waals surface area contributed by atoms with Gasteiger partial charge in [0.25, 0.3) is 0 Å². The first kappa shape index (κ1) is 12.3. The molecule has 1 N–H and O–H groups in total. The molecule has 0 aromatic heterocycles. The minimum Gasteiger partial charge on any atom is -0.380 e. The van der Waals surface area contributed by atoms with Crippen molar-refractivity contribution in [2.75, 3.05) is 33.3 Å². The third kappa shape index (κ3) is 2.41. The fourth-order valence-electron chi connectivity index (χ4n) is 3.23. The largest absolute Gasteiger partial charge is 0.380 e. The Morgan fingerprint density at radius 3 is 2.88 bits per heavy atom. The molecular weight excluding hydrogens is 200 g/mol.